The molecule has 114 valence electrons. The van der Waals surface area contributed by atoms with Crippen molar-refractivity contribution in [3.05, 3.63) is 52.9 Å². The third-order valence-corrected chi connectivity index (χ3v) is 3.65. The number of rotatable bonds is 2. The molecule has 0 saturated carbocycles. The Bertz CT molecular complexity index is 716. The van der Waals surface area contributed by atoms with Crippen molar-refractivity contribution in [3.63, 3.8) is 0 Å². The van der Waals surface area contributed by atoms with Gasteiger partial charge in [0.2, 0.25) is 6.23 Å². The van der Waals surface area contributed by atoms with E-state index < -0.39 is 17.6 Å². The monoisotopic (exact) mass is 321 g/mol. The number of carbonyl (C=O) groups is 2. The third-order valence-electron chi connectivity index (χ3n) is 3.65. The molecule has 2 heterocycles. The van der Waals surface area contributed by atoms with Gasteiger partial charge in [-0.05, 0) is 11.6 Å². The van der Waals surface area contributed by atoms with Gasteiger partial charge in [-0.25, -0.2) is 0 Å². The summed E-state index contributed by atoms with van der Waals surface area (Å²) in [6, 6.07) is 9.37. The van der Waals surface area contributed by atoms with Crippen LogP contribution in [0.25, 0.3) is 6.08 Å². The fraction of sp³-hybridized carbons (Fsp3) is 0.294. The van der Waals surface area contributed by atoms with E-state index in [1.807, 2.05) is 51.1 Å². The van der Waals surface area contributed by atoms with Gasteiger partial charge in [0, 0.05) is 5.41 Å². The molecule has 0 aliphatic carbocycles. The van der Waals surface area contributed by atoms with E-state index in [-0.39, 0.29) is 46.9 Å². The number of amides is 1. The normalized spacial score (nSPS) is 21.5. The summed E-state index contributed by atoms with van der Waals surface area (Å²) in [6.45, 7) is 5.51. The molecule has 0 radical (unpaired) electrons. The molecule has 23 heavy (non-hydrogen) atoms. The number of β-lactam (4-membered cyclic amide) rings is 1. The zero-order valence-corrected chi connectivity index (χ0v) is 15.6. The molecule has 1 aromatic carbocycles. The van der Waals surface area contributed by atoms with Crippen molar-refractivity contribution >= 4 is 18.0 Å². The third kappa shape index (κ3) is 2.96. The van der Waals surface area contributed by atoms with Crippen LogP contribution in [0.3, 0.4) is 0 Å². The van der Waals surface area contributed by atoms with Crippen molar-refractivity contribution < 1.29 is 49.0 Å². The molecule has 0 bridgehead atoms. The number of carboxylic acids is 1. The topological polar surface area (TPSA) is 69.7 Å². The van der Waals surface area contributed by atoms with Crippen LogP contribution in [0.5, 0.6) is 0 Å². The van der Waals surface area contributed by atoms with E-state index in [0.29, 0.717) is 5.57 Å². The van der Waals surface area contributed by atoms with E-state index in [9.17, 15) is 14.7 Å². The van der Waals surface area contributed by atoms with Gasteiger partial charge >= 0.3 is 29.6 Å². The molecule has 3 rings (SSSR count). The summed E-state index contributed by atoms with van der Waals surface area (Å²) in [4.78, 5) is 24.8. The van der Waals surface area contributed by atoms with Crippen LogP contribution in [0.4, 0.5) is 0 Å². The standard InChI is InChI=1S/C17H17NO4.Na/c1-17(2,3)13-12(16(20)21)18-14(19)11(15(18)22-13)9-10-7-5-4-6-8-10;/h4-9,15H,1-3H3,(H,20,21);/q;+1/p-1/b11-9-;. The molecule has 1 saturated heterocycles. The fourth-order valence-electron chi connectivity index (χ4n) is 2.62. The summed E-state index contributed by atoms with van der Waals surface area (Å²) in [6.07, 6.45) is 1.05. The van der Waals surface area contributed by atoms with E-state index in [2.05, 4.69) is 0 Å². The summed E-state index contributed by atoms with van der Waals surface area (Å²) >= 11 is 0. The van der Waals surface area contributed by atoms with Gasteiger partial charge in [0.25, 0.3) is 5.91 Å². The summed E-state index contributed by atoms with van der Waals surface area (Å²) in [7, 11) is 0. The number of aliphatic carboxylic acids is 1. The molecule has 2 aliphatic rings. The average molecular weight is 321 g/mol. The van der Waals surface area contributed by atoms with Gasteiger partial charge in [0.05, 0.1) is 11.5 Å². The molecule has 1 aromatic rings. The predicted molar refractivity (Wildman–Crippen MR) is 77.6 cm³/mol. The quantitative estimate of drug-likeness (QED) is 0.369. The van der Waals surface area contributed by atoms with Crippen molar-refractivity contribution in [1.29, 1.82) is 0 Å². The van der Waals surface area contributed by atoms with Crippen LogP contribution in [-0.4, -0.2) is 23.0 Å². The Labute approximate surface area is 156 Å². The zero-order valence-electron chi connectivity index (χ0n) is 13.6. The second-order valence-corrected chi connectivity index (χ2v) is 6.37. The molecular formula is C17H16NNaO4. The maximum atomic E-state index is 12.3. The van der Waals surface area contributed by atoms with E-state index in [1.54, 1.807) is 6.08 Å². The minimum atomic E-state index is -1.39. The van der Waals surface area contributed by atoms with Gasteiger partial charge in [0.1, 0.15) is 11.5 Å². The Balaban J connectivity index is 0.00000192. The first-order chi connectivity index (χ1) is 10.3. The molecule has 1 fully saturated rings. The summed E-state index contributed by atoms with van der Waals surface area (Å²) in [5, 5.41) is 11.4. The molecule has 2 aliphatic heterocycles. The maximum Gasteiger partial charge on any atom is 1.00 e. The summed E-state index contributed by atoms with van der Waals surface area (Å²) in [5.41, 5.74) is 0.635. The largest absolute Gasteiger partial charge is 1.00 e. The first kappa shape index (κ1) is 17.8. The van der Waals surface area contributed by atoms with Gasteiger partial charge < -0.3 is 14.6 Å². The van der Waals surface area contributed by atoms with E-state index in [1.165, 1.54) is 0 Å². The molecule has 0 N–H and O–H groups in total. The van der Waals surface area contributed by atoms with E-state index >= 15 is 0 Å². The number of nitrogens with zero attached hydrogens (tertiary/aromatic N) is 1. The smallest absolute Gasteiger partial charge is 0.543 e. The van der Waals surface area contributed by atoms with Crippen molar-refractivity contribution in [2.24, 2.45) is 5.41 Å². The second-order valence-electron chi connectivity index (χ2n) is 6.37. The van der Waals surface area contributed by atoms with Crippen LogP contribution in [-0.2, 0) is 14.3 Å². The summed E-state index contributed by atoms with van der Waals surface area (Å²) in [5.74, 6) is -1.46. The van der Waals surface area contributed by atoms with Crippen LogP contribution in [0.2, 0.25) is 0 Å². The Kier molecular flexibility index (Phi) is 4.76. The number of ether oxygens (including phenoxy) is 1. The molecule has 1 unspecified atom stereocenters. The van der Waals surface area contributed by atoms with E-state index in [0.717, 1.165) is 10.5 Å². The number of benzene rings is 1. The van der Waals surface area contributed by atoms with Crippen molar-refractivity contribution in [2.45, 2.75) is 27.0 Å². The number of carboxylic acid groups (broad SMARTS) is 1. The van der Waals surface area contributed by atoms with Crippen molar-refractivity contribution in [3.8, 4) is 0 Å². The SMILES string of the molecule is CC(C)(C)C1=C(C(=O)[O-])N2C(=O)/C(=C/c3ccccc3)C2O1.[Na+]. The van der Waals surface area contributed by atoms with Crippen molar-refractivity contribution in [1.82, 2.24) is 4.90 Å². The fourth-order valence-corrected chi connectivity index (χ4v) is 2.62. The first-order valence-corrected chi connectivity index (χ1v) is 7.03. The number of allylic oxidation sites excluding steroid dienone is 1. The molecule has 1 amide bonds. The summed E-state index contributed by atoms with van der Waals surface area (Å²) < 4.78 is 5.75. The molecule has 1 atom stereocenters. The van der Waals surface area contributed by atoms with Crippen LogP contribution >= 0.6 is 0 Å². The van der Waals surface area contributed by atoms with E-state index in [4.69, 9.17) is 4.74 Å². The maximum absolute atomic E-state index is 12.3. The first-order valence-electron chi connectivity index (χ1n) is 7.03. The van der Waals surface area contributed by atoms with Gasteiger partial charge in [-0.3, -0.25) is 9.69 Å². The van der Waals surface area contributed by atoms with Crippen LogP contribution in [0, 0.1) is 5.41 Å². The van der Waals surface area contributed by atoms with Gasteiger partial charge in [-0.1, -0.05) is 51.1 Å². The average Bonchev–Trinajstić information content (AvgIpc) is 2.82. The Morgan fingerprint density at radius 3 is 2.39 bits per heavy atom. The predicted octanol–water partition coefficient (Wildman–Crippen LogP) is -1.72. The Morgan fingerprint density at radius 1 is 1.26 bits per heavy atom. The Hall–Kier alpha value is -1.56. The van der Waals surface area contributed by atoms with Gasteiger partial charge in [-0.2, -0.15) is 0 Å². The van der Waals surface area contributed by atoms with Gasteiger partial charge in [0.15, 0.2) is 0 Å². The van der Waals surface area contributed by atoms with Crippen LogP contribution in [0.15, 0.2) is 47.4 Å². The van der Waals surface area contributed by atoms with Crippen molar-refractivity contribution in [2.75, 3.05) is 0 Å². The molecule has 6 heteroatoms. The number of hydrogen-bond acceptors (Lipinski definition) is 4. The number of hydrogen-bond donors (Lipinski definition) is 0. The zero-order chi connectivity index (χ0) is 16.1. The molecule has 0 aromatic heterocycles. The van der Waals surface area contributed by atoms with Crippen LogP contribution < -0.4 is 34.7 Å². The number of carbonyl (C=O) groups excluding carboxylic acids is 2. The molecular weight excluding hydrogens is 305 g/mol. The van der Waals surface area contributed by atoms with Crippen LogP contribution in [0.1, 0.15) is 26.3 Å². The molecule has 0 spiro atoms. The minimum absolute atomic E-state index is 0. The second kappa shape index (κ2) is 6.15. The minimum Gasteiger partial charge on any atom is -0.543 e. The number of fused-ring (bicyclic) bond motifs is 1. The van der Waals surface area contributed by atoms with Gasteiger partial charge in [-0.15, -0.1) is 0 Å². The Morgan fingerprint density at radius 2 is 1.87 bits per heavy atom. The molecule has 5 nitrogen and oxygen atoms in total.